The minimum Gasteiger partial charge on any atom is -0.475 e. The van der Waals surface area contributed by atoms with E-state index in [4.69, 9.17) is 10.5 Å². The molecule has 0 bridgehead atoms. The van der Waals surface area contributed by atoms with Crippen LogP contribution in [0.2, 0.25) is 0 Å². The predicted molar refractivity (Wildman–Crippen MR) is 56.3 cm³/mol. The monoisotopic (exact) mass is 197 g/mol. The van der Waals surface area contributed by atoms with E-state index in [2.05, 4.69) is 18.9 Å². The fourth-order valence-corrected chi connectivity index (χ4v) is 1.32. The molecule has 0 aliphatic heterocycles. The van der Waals surface area contributed by atoms with Crippen molar-refractivity contribution in [2.45, 2.75) is 20.3 Å². The third-order valence-corrected chi connectivity index (χ3v) is 1.94. The molecule has 0 aliphatic carbocycles. The molecule has 14 heavy (non-hydrogen) atoms. The lowest BCUT2D eigenvalue weighted by molar-refractivity contribution is 0.312. The van der Waals surface area contributed by atoms with Crippen LogP contribution in [0.1, 0.15) is 19.5 Å². The maximum Gasteiger partial charge on any atom is 0.233 e. The highest BCUT2D eigenvalue weighted by atomic mass is 16.5. The molecular weight excluding hydrogens is 178 g/mol. The smallest absolute Gasteiger partial charge is 0.233 e. The van der Waals surface area contributed by atoms with Gasteiger partial charge in [-0.2, -0.15) is 0 Å². The Morgan fingerprint density at radius 3 is 2.86 bits per heavy atom. The molecule has 1 heterocycles. The van der Waals surface area contributed by atoms with Gasteiger partial charge < -0.3 is 10.5 Å². The van der Waals surface area contributed by atoms with Crippen LogP contribution in [0.5, 0.6) is 5.88 Å². The summed E-state index contributed by atoms with van der Waals surface area (Å²) < 4.78 is 7.21. The maximum absolute atomic E-state index is 5.34. The molecule has 80 valence electrons. The third-order valence-electron chi connectivity index (χ3n) is 1.94. The summed E-state index contributed by atoms with van der Waals surface area (Å²) in [4.78, 5) is 0. The van der Waals surface area contributed by atoms with Crippen molar-refractivity contribution in [2.24, 2.45) is 18.7 Å². The second-order valence-corrected chi connectivity index (χ2v) is 3.83. The van der Waals surface area contributed by atoms with Gasteiger partial charge in [0.25, 0.3) is 0 Å². The summed E-state index contributed by atoms with van der Waals surface area (Å²) in [6.45, 7) is 5.43. The topological polar surface area (TPSA) is 53.1 Å². The summed E-state index contributed by atoms with van der Waals surface area (Å²) in [7, 11) is 1.94. The van der Waals surface area contributed by atoms with Gasteiger partial charge in [0.15, 0.2) is 0 Å². The fraction of sp³-hybridized carbons (Fsp3) is 0.700. The van der Waals surface area contributed by atoms with Crippen LogP contribution in [0.4, 0.5) is 0 Å². The molecule has 1 rings (SSSR count). The molecule has 0 saturated heterocycles. The van der Waals surface area contributed by atoms with E-state index in [1.807, 2.05) is 17.8 Å². The van der Waals surface area contributed by atoms with Crippen molar-refractivity contribution in [3.8, 4) is 5.88 Å². The average Bonchev–Trinajstić information content (AvgIpc) is 2.43. The van der Waals surface area contributed by atoms with E-state index in [9.17, 15) is 0 Å². The number of nitrogens with zero attached hydrogens (tertiary/aromatic N) is 2. The molecule has 2 N–H and O–H groups in total. The molecule has 0 radical (unpaired) electrons. The zero-order valence-corrected chi connectivity index (χ0v) is 9.16. The average molecular weight is 197 g/mol. The van der Waals surface area contributed by atoms with E-state index in [1.165, 1.54) is 5.69 Å². The Hall–Kier alpha value is -1.03. The zero-order valence-electron chi connectivity index (χ0n) is 9.16. The standard InChI is InChI=1S/C10H19N3O/c1-8(2)6-9-7-10(12-13(9)3)14-5-4-11/h7-8H,4-6,11H2,1-3H3. The second-order valence-electron chi connectivity index (χ2n) is 3.83. The van der Waals surface area contributed by atoms with Crippen molar-refractivity contribution in [1.82, 2.24) is 9.78 Å². The number of hydrogen-bond acceptors (Lipinski definition) is 3. The van der Waals surface area contributed by atoms with Gasteiger partial charge in [-0.25, -0.2) is 0 Å². The van der Waals surface area contributed by atoms with Crippen LogP contribution in [-0.2, 0) is 13.5 Å². The van der Waals surface area contributed by atoms with Gasteiger partial charge in [0.2, 0.25) is 5.88 Å². The summed E-state index contributed by atoms with van der Waals surface area (Å²) in [5.74, 6) is 1.31. The molecule has 0 spiro atoms. The van der Waals surface area contributed by atoms with E-state index in [1.54, 1.807) is 0 Å². The highest BCUT2D eigenvalue weighted by Crippen LogP contribution is 2.14. The lowest BCUT2D eigenvalue weighted by Crippen LogP contribution is -2.10. The minimum atomic E-state index is 0.524. The van der Waals surface area contributed by atoms with Crippen molar-refractivity contribution in [3.63, 3.8) is 0 Å². The molecule has 0 aromatic carbocycles. The Morgan fingerprint density at radius 2 is 2.29 bits per heavy atom. The van der Waals surface area contributed by atoms with Crippen molar-refractivity contribution in [1.29, 1.82) is 0 Å². The Bertz CT molecular complexity index is 281. The highest BCUT2D eigenvalue weighted by molar-refractivity contribution is 5.15. The molecule has 0 unspecified atom stereocenters. The number of rotatable bonds is 5. The van der Waals surface area contributed by atoms with Gasteiger partial charge in [0.05, 0.1) is 0 Å². The molecule has 0 amide bonds. The van der Waals surface area contributed by atoms with Gasteiger partial charge in [0, 0.05) is 25.4 Å². The van der Waals surface area contributed by atoms with Gasteiger partial charge in [-0.05, 0) is 12.3 Å². The Kier molecular flexibility index (Phi) is 3.95. The van der Waals surface area contributed by atoms with Gasteiger partial charge >= 0.3 is 0 Å². The lowest BCUT2D eigenvalue weighted by Gasteiger charge is -2.03. The molecule has 1 aromatic rings. The van der Waals surface area contributed by atoms with E-state index >= 15 is 0 Å². The van der Waals surface area contributed by atoms with Crippen molar-refractivity contribution in [3.05, 3.63) is 11.8 Å². The summed E-state index contributed by atoms with van der Waals surface area (Å²) in [6, 6.07) is 1.98. The summed E-state index contributed by atoms with van der Waals surface area (Å²) in [6.07, 6.45) is 1.02. The number of ether oxygens (including phenoxy) is 1. The van der Waals surface area contributed by atoms with E-state index < -0.39 is 0 Å². The summed E-state index contributed by atoms with van der Waals surface area (Å²) in [5.41, 5.74) is 6.54. The van der Waals surface area contributed by atoms with Crippen LogP contribution in [0.15, 0.2) is 6.07 Å². The van der Waals surface area contributed by atoms with Gasteiger partial charge in [-0.3, -0.25) is 4.68 Å². The van der Waals surface area contributed by atoms with Crippen LogP contribution in [0.3, 0.4) is 0 Å². The van der Waals surface area contributed by atoms with E-state index in [0.717, 1.165) is 6.42 Å². The first-order valence-corrected chi connectivity index (χ1v) is 4.99. The SMILES string of the molecule is CC(C)Cc1cc(OCCN)nn1C. The Morgan fingerprint density at radius 1 is 1.57 bits per heavy atom. The number of aryl methyl sites for hydroxylation is 1. The number of hydrogen-bond donors (Lipinski definition) is 1. The first kappa shape index (κ1) is 11.0. The quantitative estimate of drug-likeness (QED) is 0.764. The molecular formula is C10H19N3O. The van der Waals surface area contributed by atoms with Crippen molar-refractivity contribution < 1.29 is 4.74 Å². The highest BCUT2D eigenvalue weighted by Gasteiger charge is 2.07. The maximum atomic E-state index is 5.34. The lowest BCUT2D eigenvalue weighted by atomic mass is 10.1. The Labute approximate surface area is 85.0 Å². The summed E-state index contributed by atoms with van der Waals surface area (Å²) >= 11 is 0. The van der Waals surface area contributed by atoms with Gasteiger partial charge in [-0.15, -0.1) is 5.10 Å². The second kappa shape index (κ2) is 5.00. The number of aromatic nitrogens is 2. The van der Waals surface area contributed by atoms with Gasteiger partial charge in [0.1, 0.15) is 6.61 Å². The fourth-order valence-electron chi connectivity index (χ4n) is 1.32. The third kappa shape index (κ3) is 3.03. The molecule has 4 heteroatoms. The normalized spacial score (nSPS) is 10.9. The van der Waals surface area contributed by atoms with Crippen LogP contribution in [0.25, 0.3) is 0 Å². The molecule has 0 saturated carbocycles. The Balaban J connectivity index is 2.62. The molecule has 1 aromatic heterocycles. The first-order valence-electron chi connectivity index (χ1n) is 4.99. The van der Waals surface area contributed by atoms with Crippen molar-refractivity contribution in [2.75, 3.05) is 13.2 Å². The van der Waals surface area contributed by atoms with Crippen LogP contribution in [-0.4, -0.2) is 22.9 Å². The van der Waals surface area contributed by atoms with Gasteiger partial charge in [-0.1, -0.05) is 13.8 Å². The van der Waals surface area contributed by atoms with Crippen molar-refractivity contribution >= 4 is 0 Å². The molecule has 0 atom stereocenters. The molecule has 0 aliphatic rings. The van der Waals surface area contributed by atoms with E-state index in [0.29, 0.717) is 24.9 Å². The van der Waals surface area contributed by atoms with Crippen LogP contribution < -0.4 is 10.5 Å². The molecule has 4 nitrogen and oxygen atoms in total. The minimum absolute atomic E-state index is 0.524. The largest absolute Gasteiger partial charge is 0.475 e. The van der Waals surface area contributed by atoms with E-state index in [-0.39, 0.29) is 0 Å². The number of nitrogens with two attached hydrogens (primary N) is 1. The molecule has 0 fully saturated rings. The zero-order chi connectivity index (χ0) is 10.6. The summed E-state index contributed by atoms with van der Waals surface area (Å²) in [5, 5.41) is 4.24. The first-order chi connectivity index (χ1) is 6.63. The van der Waals surface area contributed by atoms with Crippen LogP contribution in [0, 0.1) is 5.92 Å². The van der Waals surface area contributed by atoms with Crippen LogP contribution >= 0.6 is 0 Å². The predicted octanol–water partition coefficient (Wildman–Crippen LogP) is 0.956.